The van der Waals surface area contributed by atoms with Gasteiger partial charge in [-0.1, -0.05) is 6.07 Å². The molecule has 174 valence electrons. The predicted molar refractivity (Wildman–Crippen MR) is 122 cm³/mol. The maximum atomic E-state index is 13.1. The molecule has 0 radical (unpaired) electrons. The molecule has 0 bridgehead atoms. The SMILES string of the molecule is Cc1cc(NC(=O)c2cnn(-c3cccc(C(F)(F)F)c3)c2C)ccc1N1CCN(C)CC1. The van der Waals surface area contributed by atoms with Gasteiger partial charge in [-0.15, -0.1) is 0 Å². The lowest BCUT2D eigenvalue weighted by atomic mass is 10.1. The maximum absolute atomic E-state index is 13.1. The Morgan fingerprint density at radius 2 is 1.76 bits per heavy atom. The Morgan fingerprint density at radius 3 is 2.42 bits per heavy atom. The fourth-order valence-corrected chi connectivity index (χ4v) is 4.04. The molecular weight excluding hydrogens is 431 g/mol. The van der Waals surface area contributed by atoms with Crippen molar-refractivity contribution >= 4 is 17.3 Å². The van der Waals surface area contributed by atoms with E-state index < -0.39 is 11.7 Å². The van der Waals surface area contributed by atoms with E-state index in [1.165, 1.54) is 23.0 Å². The van der Waals surface area contributed by atoms with E-state index in [4.69, 9.17) is 0 Å². The molecule has 1 saturated heterocycles. The Morgan fingerprint density at radius 1 is 1.03 bits per heavy atom. The zero-order valence-corrected chi connectivity index (χ0v) is 18.8. The molecule has 0 unspecified atom stereocenters. The number of nitrogens with one attached hydrogen (secondary N) is 1. The number of aryl methyl sites for hydroxylation is 1. The Kier molecular flexibility index (Phi) is 6.16. The van der Waals surface area contributed by atoms with Gasteiger partial charge in [0.05, 0.1) is 28.7 Å². The summed E-state index contributed by atoms with van der Waals surface area (Å²) in [6.45, 7) is 7.60. The van der Waals surface area contributed by atoms with Crippen LogP contribution in [0.2, 0.25) is 0 Å². The van der Waals surface area contributed by atoms with Gasteiger partial charge in [-0.25, -0.2) is 4.68 Å². The molecule has 1 amide bonds. The summed E-state index contributed by atoms with van der Waals surface area (Å²) in [7, 11) is 2.11. The first-order valence-corrected chi connectivity index (χ1v) is 10.7. The third-order valence-electron chi connectivity index (χ3n) is 5.97. The van der Waals surface area contributed by atoms with Crippen LogP contribution in [-0.4, -0.2) is 53.8 Å². The van der Waals surface area contributed by atoms with Gasteiger partial charge in [-0.2, -0.15) is 18.3 Å². The number of anilines is 2. The summed E-state index contributed by atoms with van der Waals surface area (Å²) in [4.78, 5) is 17.5. The first-order valence-electron chi connectivity index (χ1n) is 10.7. The van der Waals surface area contributed by atoms with Crippen molar-refractivity contribution in [3.8, 4) is 5.69 Å². The number of hydrogen-bond donors (Lipinski definition) is 1. The average molecular weight is 458 g/mol. The first kappa shape index (κ1) is 22.8. The number of likely N-dealkylation sites (N-methyl/N-ethyl adjacent to an activating group) is 1. The van der Waals surface area contributed by atoms with Gasteiger partial charge in [0.2, 0.25) is 0 Å². The molecule has 1 aliphatic rings. The molecule has 9 heteroatoms. The average Bonchev–Trinajstić information content (AvgIpc) is 3.16. The number of aromatic nitrogens is 2. The van der Waals surface area contributed by atoms with Crippen molar-refractivity contribution in [2.24, 2.45) is 0 Å². The van der Waals surface area contributed by atoms with Crippen LogP contribution in [0.25, 0.3) is 5.69 Å². The summed E-state index contributed by atoms with van der Waals surface area (Å²) in [5, 5.41) is 7.03. The smallest absolute Gasteiger partial charge is 0.369 e. The van der Waals surface area contributed by atoms with Gasteiger partial charge in [0, 0.05) is 37.6 Å². The summed E-state index contributed by atoms with van der Waals surface area (Å²) in [6, 6.07) is 10.7. The van der Waals surface area contributed by atoms with E-state index in [0.29, 0.717) is 16.9 Å². The molecule has 1 fully saturated rings. The van der Waals surface area contributed by atoms with Gasteiger partial charge in [0.15, 0.2) is 0 Å². The van der Waals surface area contributed by atoms with E-state index >= 15 is 0 Å². The molecule has 1 N–H and O–H groups in total. The lowest BCUT2D eigenvalue weighted by Gasteiger charge is -2.35. The van der Waals surface area contributed by atoms with E-state index in [9.17, 15) is 18.0 Å². The van der Waals surface area contributed by atoms with Crippen molar-refractivity contribution in [3.63, 3.8) is 0 Å². The van der Waals surface area contributed by atoms with E-state index in [1.807, 2.05) is 25.1 Å². The van der Waals surface area contributed by atoms with Crippen LogP contribution in [-0.2, 0) is 6.18 Å². The summed E-state index contributed by atoms with van der Waals surface area (Å²) in [5.41, 5.74) is 3.10. The number of carbonyl (C=O) groups excluding carboxylic acids is 1. The second-order valence-electron chi connectivity index (χ2n) is 8.35. The molecule has 33 heavy (non-hydrogen) atoms. The van der Waals surface area contributed by atoms with Crippen LogP contribution in [0.3, 0.4) is 0 Å². The molecule has 2 heterocycles. The largest absolute Gasteiger partial charge is 0.416 e. The van der Waals surface area contributed by atoms with Gasteiger partial charge < -0.3 is 15.1 Å². The van der Waals surface area contributed by atoms with Crippen LogP contribution in [0.15, 0.2) is 48.7 Å². The molecule has 0 atom stereocenters. The predicted octanol–water partition coefficient (Wildman–Crippen LogP) is 4.51. The van der Waals surface area contributed by atoms with Crippen molar-refractivity contribution in [2.45, 2.75) is 20.0 Å². The second kappa shape index (κ2) is 8.90. The molecule has 6 nitrogen and oxygen atoms in total. The summed E-state index contributed by atoms with van der Waals surface area (Å²) in [5.74, 6) is -0.363. The number of benzene rings is 2. The molecule has 2 aromatic carbocycles. The third-order valence-corrected chi connectivity index (χ3v) is 5.97. The molecule has 3 aromatic rings. The minimum absolute atomic E-state index is 0.244. The Labute approximate surface area is 190 Å². The number of halogens is 3. The van der Waals surface area contributed by atoms with Crippen LogP contribution in [0.4, 0.5) is 24.5 Å². The lowest BCUT2D eigenvalue weighted by molar-refractivity contribution is -0.137. The number of hydrogen-bond acceptors (Lipinski definition) is 4. The minimum Gasteiger partial charge on any atom is -0.369 e. The number of alkyl halides is 3. The highest BCUT2D eigenvalue weighted by Crippen LogP contribution is 2.31. The monoisotopic (exact) mass is 457 g/mol. The topological polar surface area (TPSA) is 53.4 Å². The Balaban J connectivity index is 1.51. The summed E-state index contributed by atoms with van der Waals surface area (Å²) < 4.78 is 40.5. The Bertz CT molecular complexity index is 1160. The fraction of sp³-hybridized carbons (Fsp3) is 0.333. The van der Waals surface area contributed by atoms with Crippen LogP contribution < -0.4 is 10.2 Å². The van der Waals surface area contributed by atoms with E-state index in [2.05, 4.69) is 27.3 Å². The van der Waals surface area contributed by atoms with E-state index in [-0.39, 0.29) is 11.6 Å². The molecule has 1 aliphatic heterocycles. The first-order chi connectivity index (χ1) is 15.6. The number of nitrogens with zero attached hydrogens (tertiary/aromatic N) is 4. The van der Waals surface area contributed by atoms with Crippen LogP contribution in [0.5, 0.6) is 0 Å². The number of piperazine rings is 1. The molecule has 0 spiro atoms. The fourth-order valence-electron chi connectivity index (χ4n) is 4.04. The zero-order valence-electron chi connectivity index (χ0n) is 18.8. The van der Waals surface area contributed by atoms with E-state index in [0.717, 1.165) is 49.6 Å². The standard InChI is InChI=1S/C24H26F3N5O/c1-16-13-19(7-8-22(16)31-11-9-30(3)10-12-31)29-23(33)21-15-28-32(17(21)2)20-6-4-5-18(14-20)24(25,26)27/h4-8,13-15H,9-12H2,1-3H3,(H,29,33). The minimum atomic E-state index is -4.45. The summed E-state index contributed by atoms with van der Waals surface area (Å²) in [6.07, 6.45) is -3.08. The van der Waals surface area contributed by atoms with Crippen molar-refractivity contribution in [3.05, 3.63) is 71.0 Å². The van der Waals surface area contributed by atoms with Crippen molar-refractivity contribution in [1.29, 1.82) is 0 Å². The van der Waals surface area contributed by atoms with Crippen LogP contribution in [0.1, 0.15) is 27.2 Å². The van der Waals surface area contributed by atoms with Crippen LogP contribution >= 0.6 is 0 Å². The lowest BCUT2D eigenvalue weighted by Crippen LogP contribution is -2.44. The van der Waals surface area contributed by atoms with Crippen molar-refractivity contribution < 1.29 is 18.0 Å². The second-order valence-corrected chi connectivity index (χ2v) is 8.35. The number of rotatable bonds is 4. The highest BCUT2D eigenvalue weighted by Gasteiger charge is 2.30. The highest BCUT2D eigenvalue weighted by atomic mass is 19.4. The van der Waals surface area contributed by atoms with Gasteiger partial charge in [-0.05, 0) is 62.9 Å². The quantitative estimate of drug-likeness (QED) is 0.626. The van der Waals surface area contributed by atoms with Crippen molar-refractivity contribution in [2.75, 3.05) is 43.4 Å². The normalized spacial score (nSPS) is 15.0. The highest BCUT2D eigenvalue weighted by molar-refractivity contribution is 6.05. The Hall–Kier alpha value is -3.33. The maximum Gasteiger partial charge on any atom is 0.416 e. The molecule has 4 rings (SSSR count). The number of amides is 1. The van der Waals surface area contributed by atoms with Gasteiger partial charge in [0.25, 0.3) is 5.91 Å². The van der Waals surface area contributed by atoms with Gasteiger partial charge in [0.1, 0.15) is 0 Å². The van der Waals surface area contributed by atoms with Gasteiger partial charge >= 0.3 is 6.18 Å². The molecule has 0 aliphatic carbocycles. The third kappa shape index (κ3) is 4.88. The molecule has 0 saturated carbocycles. The van der Waals surface area contributed by atoms with Crippen LogP contribution in [0, 0.1) is 13.8 Å². The van der Waals surface area contributed by atoms with Gasteiger partial charge in [-0.3, -0.25) is 4.79 Å². The van der Waals surface area contributed by atoms with Crippen molar-refractivity contribution in [1.82, 2.24) is 14.7 Å². The number of carbonyl (C=O) groups is 1. The molecule has 1 aromatic heterocycles. The zero-order chi connectivity index (χ0) is 23.8. The molecular formula is C24H26F3N5O. The summed E-state index contributed by atoms with van der Waals surface area (Å²) >= 11 is 0. The van der Waals surface area contributed by atoms with E-state index in [1.54, 1.807) is 6.92 Å².